The van der Waals surface area contributed by atoms with E-state index in [-0.39, 0.29) is 0 Å². The van der Waals surface area contributed by atoms with Crippen LogP contribution >= 0.6 is 11.6 Å². The van der Waals surface area contributed by atoms with Crippen molar-refractivity contribution in [3.05, 3.63) is 29.4 Å². The maximum atomic E-state index is 6.02. The number of methoxy groups -OCH3 is 1. The van der Waals surface area contributed by atoms with E-state index < -0.39 is 0 Å². The average Bonchev–Trinajstić information content (AvgIpc) is 3.02. The monoisotopic (exact) mass is 305 g/mol. The standard InChI is InChI=1S/C14H16ClN5O/c1-21-12-5-4-10(15)8-11(12)17-13-9-16-19-14(18-13)20-6-2-3-7-20/h4-5,8-9H,2-3,6-7H2,1H3,(H,17,18,19). The lowest BCUT2D eigenvalue weighted by Crippen LogP contribution is -2.21. The second-order valence-corrected chi connectivity index (χ2v) is 5.24. The predicted octanol–water partition coefficient (Wildman–Crippen LogP) is 2.88. The SMILES string of the molecule is COc1ccc(Cl)cc1Nc1cnnc(N2CCCC2)n1. The van der Waals surface area contributed by atoms with E-state index in [2.05, 4.69) is 25.4 Å². The van der Waals surface area contributed by atoms with Crippen molar-refractivity contribution in [3.8, 4) is 5.75 Å². The molecule has 1 saturated heterocycles. The first kappa shape index (κ1) is 13.9. The summed E-state index contributed by atoms with van der Waals surface area (Å²) in [5.74, 6) is 1.96. The van der Waals surface area contributed by atoms with Gasteiger partial charge in [0, 0.05) is 18.1 Å². The van der Waals surface area contributed by atoms with Crippen LogP contribution in [-0.2, 0) is 0 Å². The van der Waals surface area contributed by atoms with Crippen LogP contribution in [-0.4, -0.2) is 35.4 Å². The van der Waals surface area contributed by atoms with E-state index >= 15 is 0 Å². The molecule has 1 fully saturated rings. The Morgan fingerprint density at radius 1 is 1.29 bits per heavy atom. The van der Waals surface area contributed by atoms with E-state index in [1.54, 1.807) is 31.5 Å². The van der Waals surface area contributed by atoms with Gasteiger partial charge in [-0.2, -0.15) is 10.1 Å². The van der Waals surface area contributed by atoms with E-state index in [1.165, 1.54) is 12.8 Å². The number of aromatic nitrogens is 3. The van der Waals surface area contributed by atoms with Crippen LogP contribution in [0.3, 0.4) is 0 Å². The molecule has 0 unspecified atom stereocenters. The Bertz CT molecular complexity index is 631. The lowest BCUT2D eigenvalue weighted by molar-refractivity contribution is 0.417. The molecular weight excluding hydrogens is 290 g/mol. The molecule has 0 amide bonds. The van der Waals surface area contributed by atoms with Gasteiger partial charge in [0.15, 0.2) is 5.82 Å². The van der Waals surface area contributed by atoms with E-state index in [4.69, 9.17) is 16.3 Å². The third-order valence-corrected chi connectivity index (χ3v) is 3.60. The zero-order valence-electron chi connectivity index (χ0n) is 11.7. The first-order valence-electron chi connectivity index (χ1n) is 6.81. The van der Waals surface area contributed by atoms with Crippen molar-refractivity contribution in [3.63, 3.8) is 0 Å². The molecule has 2 heterocycles. The summed E-state index contributed by atoms with van der Waals surface area (Å²) in [4.78, 5) is 6.63. The van der Waals surface area contributed by atoms with Crippen LogP contribution in [0.1, 0.15) is 12.8 Å². The summed E-state index contributed by atoms with van der Waals surface area (Å²) in [5, 5.41) is 11.9. The summed E-state index contributed by atoms with van der Waals surface area (Å²) in [7, 11) is 1.61. The van der Waals surface area contributed by atoms with Gasteiger partial charge in [0.05, 0.1) is 19.0 Å². The molecule has 1 aliphatic heterocycles. The van der Waals surface area contributed by atoms with Crippen molar-refractivity contribution in [1.82, 2.24) is 15.2 Å². The number of ether oxygens (including phenoxy) is 1. The molecular formula is C14H16ClN5O. The van der Waals surface area contributed by atoms with Gasteiger partial charge in [0.25, 0.3) is 0 Å². The van der Waals surface area contributed by atoms with Crippen molar-refractivity contribution in [2.75, 3.05) is 30.4 Å². The third kappa shape index (κ3) is 3.16. The van der Waals surface area contributed by atoms with Crippen LogP contribution in [0.5, 0.6) is 5.75 Å². The van der Waals surface area contributed by atoms with Crippen molar-refractivity contribution >= 4 is 29.1 Å². The normalized spacial score (nSPS) is 14.3. The van der Waals surface area contributed by atoms with Gasteiger partial charge in [-0.1, -0.05) is 11.6 Å². The number of nitrogens with one attached hydrogen (secondary N) is 1. The van der Waals surface area contributed by atoms with E-state index in [0.717, 1.165) is 18.8 Å². The van der Waals surface area contributed by atoms with Gasteiger partial charge in [0.2, 0.25) is 5.95 Å². The topological polar surface area (TPSA) is 63.2 Å². The molecule has 0 aliphatic carbocycles. The molecule has 1 N–H and O–H groups in total. The van der Waals surface area contributed by atoms with E-state index in [1.807, 2.05) is 0 Å². The van der Waals surface area contributed by atoms with E-state index in [9.17, 15) is 0 Å². The molecule has 0 atom stereocenters. The fraction of sp³-hybridized carbons (Fsp3) is 0.357. The Morgan fingerprint density at radius 3 is 2.86 bits per heavy atom. The highest BCUT2D eigenvalue weighted by molar-refractivity contribution is 6.31. The van der Waals surface area contributed by atoms with Gasteiger partial charge in [-0.3, -0.25) is 0 Å². The molecule has 6 nitrogen and oxygen atoms in total. The largest absolute Gasteiger partial charge is 0.495 e. The van der Waals surface area contributed by atoms with Crippen molar-refractivity contribution in [1.29, 1.82) is 0 Å². The number of nitrogens with zero attached hydrogens (tertiary/aromatic N) is 4. The zero-order chi connectivity index (χ0) is 14.7. The maximum absolute atomic E-state index is 6.02. The van der Waals surface area contributed by atoms with E-state index in [0.29, 0.717) is 22.5 Å². The number of rotatable bonds is 4. The fourth-order valence-corrected chi connectivity index (χ4v) is 2.49. The first-order valence-corrected chi connectivity index (χ1v) is 7.19. The minimum absolute atomic E-state index is 0.618. The number of halogens is 1. The van der Waals surface area contributed by atoms with Gasteiger partial charge < -0.3 is 15.0 Å². The summed E-state index contributed by atoms with van der Waals surface area (Å²) in [6.45, 7) is 1.96. The zero-order valence-corrected chi connectivity index (χ0v) is 12.5. The highest BCUT2D eigenvalue weighted by atomic mass is 35.5. The van der Waals surface area contributed by atoms with Crippen LogP contribution in [0.25, 0.3) is 0 Å². The Labute approximate surface area is 128 Å². The molecule has 21 heavy (non-hydrogen) atoms. The number of benzene rings is 1. The van der Waals surface area contributed by atoms with Gasteiger partial charge in [-0.25, -0.2) is 0 Å². The van der Waals surface area contributed by atoms with Crippen LogP contribution in [0.4, 0.5) is 17.5 Å². The maximum Gasteiger partial charge on any atom is 0.247 e. The molecule has 0 saturated carbocycles. The Kier molecular flexibility index (Phi) is 4.06. The molecule has 2 aromatic rings. The summed E-state index contributed by atoms with van der Waals surface area (Å²) >= 11 is 6.02. The third-order valence-electron chi connectivity index (χ3n) is 3.36. The lowest BCUT2D eigenvalue weighted by Gasteiger charge is -2.15. The van der Waals surface area contributed by atoms with Crippen LogP contribution in [0, 0.1) is 0 Å². The fourth-order valence-electron chi connectivity index (χ4n) is 2.32. The van der Waals surface area contributed by atoms with Crippen LogP contribution in [0.2, 0.25) is 5.02 Å². The second-order valence-electron chi connectivity index (χ2n) is 4.81. The van der Waals surface area contributed by atoms with Gasteiger partial charge >= 0.3 is 0 Å². The lowest BCUT2D eigenvalue weighted by atomic mass is 10.3. The first-order chi connectivity index (χ1) is 10.3. The van der Waals surface area contributed by atoms with Crippen LogP contribution in [0.15, 0.2) is 24.4 Å². The average molecular weight is 306 g/mol. The molecule has 0 bridgehead atoms. The highest BCUT2D eigenvalue weighted by Gasteiger charge is 2.16. The smallest absolute Gasteiger partial charge is 0.247 e. The Morgan fingerprint density at radius 2 is 2.10 bits per heavy atom. The quantitative estimate of drug-likeness (QED) is 0.937. The molecule has 1 aliphatic rings. The summed E-state index contributed by atoms with van der Waals surface area (Å²) in [6.07, 6.45) is 3.92. The molecule has 0 spiro atoms. The summed E-state index contributed by atoms with van der Waals surface area (Å²) < 4.78 is 5.31. The molecule has 1 aromatic heterocycles. The second kappa shape index (κ2) is 6.13. The van der Waals surface area contributed by atoms with Gasteiger partial charge in [0.1, 0.15) is 5.75 Å². The minimum atomic E-state index is 0.618. The Hall–Kier alpha value is -2.08. The molecule has 7 heteroatoms. The predicted molar refractivity (Wildman–Crippen MR) is 82.6 cm³/mol. The summed E-state index contributed by atoms with van der Waals surface area (Å²) in [5.41, 5.74) is 0.748. The van der Waals surface area contributed by atoms with Crippen LogP contribution < -0.4 is 15.0 Å². The number of anilines is 3. The van der Waals surface area contributed by atoms with Gasteiger partial charge in [-0.05, 0) is 31.0 Å². The molecule has 3 rings (SSSR count). The highest BCUT2D eigenvalue weighted by Crippen LogP contribution is 2.30. The molecule has 0 radical (unpaired) electrons. The molecule has 1 aromatic carbocycles. The summed E-state index contributed by atoms with van der Waals surface area (Å²) in [6, 6.07) is 5.37. The number of hydrogen-bond donors (Lipinski definition) is 1. The Balaban J connectivity index is 1.84. The molecule has 110 valence electrons. The minimum Gasteiger partial charge on any atom is -0.495 e. The number of hydrogen-bond acceptors (Lipinski definition) is 6. The van der Waals surface area contributed by atoms with Crippen molar-refractivity contribution in [2.45, 2.75) is 12.8 Å². The van der Waals surface area contributed by atoms with Crippen molar-refractivity contribution < 1.29 is 4.74 Å². The van der Waals surface area contributed by atoms with Crippen molar-refractivity contribution in [2.24, 2.45) is 0 Å². The van der Waals surface area contributed by atoms with Gasteiger partial charge in [-0.15, -0.1) is 5.10 Å².